The van der Waals surface area contributed by atoms with Gasteiger partial charge in [0.2, 0.25) is 0 Å². The maximum Gasteiger partial charge on any atom is 0.253 e. The number of hydrogen-bond donors (Lipinski definition) is 1. The molecule has 1 aliphatic rings. The third kappa shape index (κ3) is 3.76. The lowest BCUT2D eigenvalue weighted by Crippen LogP contribution is -2.38. The zero-order valence-electron chi connectivity index (χ0n) is 10.7. The zero-order valence-corrected chi connectivity index (χ0v) is 12.3. The molecule has 104 valence electrons. The maximum atomic E-state index is 13.3. The summed E-state index contributed by atoms with van der Waals surface area (Å²) in [6, 6.07) is 4.31. The summed E-state index contributed by atoms with van der Waals surface area (Å²) in [4.78, 5) is 14.1. The van der Waals surface area contributed by atoms with Crippen LogP contribution in [0.1, 0.15) is 29.6 Å². The number of benzene rings is 1. The van der Waals surface area contributed by atoms with Gasteiger partial charge in [0, 0.05) is 23.1 Å². The Morgan fingerprint density at radius 1 is 1.37 bits per heavy atom. The van der Waals surface area contributed by atoms with Crippen LogP contribution in [0.15, 0.2) is 22.7 Å². The highest BCUT2D eigenvalue weighted by molar-refractivity contribution is 9.10. The predicted molar refractivity (Wildman–Crippen MR) is 76.4 cm³/mol. The molecule has 0 radical (unpaired) electrons. The van der Waals surface area contributed by atoms with Crippen molar-refractivity contribution in [3.8, 4) is 0 Å². The predicted octanol–water partition coefficient (Wildman–Crippen LogP) is 2.79. The molecule has 1 aromatic carbocycles. The number of carbonyl (C=O) groups excluding carboxylic acids is 1. The maximum absolute atomic E-state index is 13.3. The summed E-state index contributed by atoms with van der Waals surface area (Å²) in [5.74, 6) is 0.135. The molecule has 2 N–H and O–H groups in total. The summed E-state index contributed by atoms with van der Waals surface area (Å²) in [6.45, 7) is 2.17. The van der Waals surface area contributed by atoms with Gasteiger partial charge in [0.1, 0.15) is 5.82 Å². The highest BCUT2D eigenvalue weighted by Crippen LogP contribution is 2.22. The van der Waals surface area contributed by atoms with Gasteiger partial charge in [-0.1, -0.05) is 15.9 Å². The standard InChI is InChI=1S/C14H18BrFN2O/c15-12-7-11(8-13(16)9-12)14(19)18-5-2-10(1-4-17)3-6-18/h7-10H,1-6,17H2. The molecule has 1 fully saturated rings. The highest BCUT2D eigenvalue weighted by atomic mass is 79.9. The van der Waals surface area contributed by atoms with Crippen LogP contribution in [0.5, 0.6) is 0 Å². The Labute approximate surface area is 121 Å². The smallest absolute Gasteiger partial charge is 0.253 e. The molecule has 0 spiro atoms. The van der Waals surface area contributed by atoms with Gasteiger partial charge in [-0.15, -0.1) is 0 Å². The number of rotatable bonds is 3. The van der Waals surface area contributed by atoms with E-state index in [1.54, 1.807) is 11.0 Å². The van der Waals surface area contributed by atoms with Gasteiger partial charge in [-0.05, 0) is 49.9 Å². The number of piperidine rings is 1. The van der Waals surface area contributed by atoms with E-state index in [1.165, 1.54) is 12.1 Å². The van der Waals surface area contributed by atoms with Crippen LogP contribution in [0.25, 0.3) is 0 Å². The van der Waals surface area contributed by atoms with Crippen LogP contribution in [0.2, 0.25) is 0 Å². The molecule has 0 bridgehead atoms. The number of nitrogens with two attached hydrogens (primary N) is 1. The van der Waals surface area contributed by atoms with Crippen molar-refractivity contribution in [3.05, 3.63) is 34.1 Å². The zero-order chi connectivity index (χ0) is 13.8. The van der Waals surface area contributed by atoms with Crippen LogP contribution >= 0.6 is 15.9 Å². The molecular weight excluding hydrogens is 311 g/mol. The van der Waals surface area contributed by atoms with Crippen molar-refractivity contribution in [3.63, 3.8) is 0 Å². The largest absolute Gasteiger partial charge is 0.339 e. The normalized spacial score (nSPS) is 16.7. The van der Waals surface area contributed by atoms with Crippen molar-refractivity contribution >= 4 is 21.8 Å². The molecule has 1 amide bonds. The van der Waals surface area contributed by atoms with Crippen LogP contribution < -0.4 is 5.73 Å². The second-order valence-corrected chi connectivity index (χ2v) is 5.89. The van der Waals surface area contributed by atoms with Gasteiger partial charge in [-0.2, -0.15) is 0 Å². The average molecular weight is 329 g/mol. The Balaban J connectivity index is 2.01. The van der Waals surface area contributed by atoms with Crippen molar-refractivity contribution in [1.82, 2.24) is 4.90 Å². The number of likely N-dealkylation sites (tertiary alicyclic amines) is 1. The molecule has 2 rings (SSSR count). The lowest BCUT2D eigenvalue weighted by atomic mass is 9.93. The lowest BCUT2D eigenvalue weighted by Gasteiger charge is -2.32. The highest BCUT2D eigenvalue weighted by Gasteiger charge is 2.23. The lowest BCUT2D eigenvalue weighted by molar-refractivity contribution is 0.0687. The summed E-state index contributed by atoms with van der Waals surface area (Å²) in [6.07, 6.45) is 2.99. The van der Waals surface area contributed by atoms with E-state index >= 15 is 0 Å². The summed E-state index contributed by atoms with van der Waals surface area (Å²) in [5.41, 5.74) is 5.96. The van der Waals surface area contributed by atoms with Gasteiger partial charge >= 0.3 is 0 Å². The van der Waals surface area contributed by atoms with Gasteiger partial charge in [-0.3, -0.25) is 4.79 Å². The first-order chi connectivity index (χ1) is 9.10. The number of halogens is 2. The Morgan fingerprint density at radius 3 is 2.63 bits per heavy atom. The molecule has 1 aromatic rings. The summed E-state index contributed by atoms with van der Waals surface area (Å²) in [5, 5.41) is 0. The quantitative estimate of drug-likeness (QED) is 0.927. The third-order valence-corrected chi connectivity index (χ3v) is 4.04. The summed E-state index contributed by atoms with van der Waals surface area (Å²) < 4.78 is 13.9. The first kappa shape index (κ1) is 14.5. The van der Waals surface area contributed by atoms with Crippen LogP contribution in [-0.2, 0) is 0 Å². The molecular formula is C14H18BrFN2O. The summed E-state index contributed by atoms with van der Waals surface area (Å²) in [7, 11) is 0. The van der Waals surface area contributed by atoms with Gasteiger partial charge < -0.3 is 10.6 Å². The van der Waals surface area contributed by atoms with Crippen molar-refractivity contribution in [2.75, 3.05) is 19.6 Å². The second kappa shape index (κ2) is 6.48. The number of amides is 1. The fourth-order valence-corrected chi connectivity index (χ4v) is 2.99. The van der Waals surface area contributed by atoms with Crippen molar-refractivity contribution in [1.29, 1.82) is 0 Å². The van der Waals surface area contributed by atoms with E-state index in [1.807, 2.05) is 0 Å². The fourth-order valence-electron chi connectivity index (χ4n) is 2.52. The Bertz CT molecular complexity index is 439. The van der Waals surface area contributed by atoms with E-state index < -0.39 is 5.82 Å². The Kier molecular flexibility index (Phi) is 4.93. The van der Waals surface area contributed by atoms with Crippen LogP contribution in [-0.4, -0.2) is 30.4 Å². The molecule has 0 atom stereocenters. The third-order valence-electron chi connectivity index (χ3n) is 3.59. The molecule has 1 aliphatic heterocycles. The van der Waals surface area contributed by atoms with Gasteiger partial charge in [0.15, 0.2) is 0 Å². The molecule has 1 saturated heterocycles. The molecule has 0 aliphatic carbocycles. The minimum absolute atomic E-state index is 0.0913. The van der Waals surface area contributed by atoms with Gasteiger partial charge in [-0.25, -0.2) is 4.39 Å². The van der Waals surface area contributed by atoms with E-state index in [4.69, 9.17) is 5.73 Å². The molecule has 5 heteroatoms. The van der Waals surface area contributed by atoms with Crippen LogP contribution in [0.3, 0.4) is 0 Å². The molecule has 0 unspecified atom stereocenters. The number of carbonyl (C=O) groups is 1. The second-order valence-electron chi connectivity index (χ2n) is 4.97. The van der Waals surface area contributed by atoms with Crippen molar-refractivity contribution < 1.29 is 9.18 Å². The van der Waals surface area contributed by atoms with Crippen molar-refractivity contribution in [2.45, 2.75) is 19.3 Å². The number of nitrogens with zero attached hydrogens (tertiary/aromatic N) is 1. The first-order valence-corrected chi connectivity index (χ1v) is 7.35. The molecule has 3 nitrogen and oxygen atoms in total. The Morgan fingerprint density at radius 2 is 2.05 bits per heavy atom. The van der Waals surface area contributed by atoms with E-state index in [0.29, 0.717) is 22.5 Å². The molecule has 1 heterocycles. The monoisotopic (exact) mass is 328 g/mol. The topological polar surface area (TPSA) is 46.3 Å². The number of hydrogen-bond acceptors (Lipinski definition) is 2. The molecule has 0 saturated carbocycles. The van der Waals surface area contributed by atoms with Gasteiger partial charge in [0.25, 0.3) is 5.91 Å². The van der Waals surface area contributed by atoms with Crippen molar-refractivity contribution in [2.24, 2.45) is 11.7 Å². The van der Waals surface area contributed by atoms with E-state index in [-0.39, 0.29) is 5.91 Å². The molecule has 19 heavy (non-hydrogen) atoms. The van der Waals surface area contributed by atoms with E-state index in [2.05, 4.69) is 15.9 Å². The SMILES string of the molecule is NCCC1CCN(C(=O)c2cc(F)cc(Br)c2)CC1. The van der Waals surface area contributed by atoms with Crippen LogP contribution in [0, 0.1) is 11.7 Å². The minimum Gasteiger partial charge on any atom is -0.339 e. The van der Waals surface area contributed by atoms with Crippen LogP contribution in [0.4, 0.5) is 4.39 Å². The average Bonchev–Trinajstić information content (AvgIpc) is 2.38. The van der Waals surface area contributed by atoms with E-state index in [9.17, 15) is 9.18 Å². The van der Waals surface area contributed by atoms with E-state index in [0.717, 1.165) is 32.4 Å². The first-order valence-electron chi connectivity index (χ1n) is 6.55. The Hall–Kier alpha value is -0.940. The minimum atomic E-state index is -0.393. The molecule has 0 aromatic heterocycles. The summed E-state index contributed by atoms with van der Waals surface area (Å²) >= 11 is 3.21. The fraction of sp³-hybridized carbons (Fsp3) is 0.500. The van der Waals surface area contributed by atoms with Gasteiger partial charge in [0.05, 0.1) is 0 Å².